The first-order valence-corrected chi connectivity index (χ1v) is 6.40. The average molecular weight is 285 g/mol. The zero-order valence-electron chi connectivity index (χ0n) is 10.8. The Balaban J connectivity index is 2.65. The number of rotatable bonds is 3. The Morgan fingerprint density at radius 3 is 2.25 bits per heavy atom. The summed E-state index contributed by atoms with van der Waals surface area (Å²) in [6, 6.07) is 8.24. The summed E-state index contributed by atoms with van der Waals surface area (Å²) < 4.78 is 7.11. The fourth-order valence-electron chi connectivity index (χ4n) is 1.11. The third-order valence-electron chi connectivity index (χ3n) is 3.29. The Kier molecular flexibility index (Phi) is 4.19. The highest BCUT2D eigenvalue weighted by molar-refractivity contribution is 9.10. The van der Waals surface area contributed by atoms with Gasteiger partial charge in [-0.05, 0) is 37.0 Å². The topological polar surface area (TPSA) is 9.23 Å². The van der Waals surface area contributed by atoms with E-state index < -0.39 is 0 Å². The lowest BCUT2D eigenvalue weighted by Crippen LogP contribution is -2.39. The maximum absolute atomic E-state index is 6.01. The van der Waals surface area contributed by atoms with E-state index in [1.807, 2.05) is 12.1 Å². The number of hydrogen-bond donors (Lipinski definition) is 0. The van der Waals surface area contributed by atoms with Gasteiger partial charge in [0.25, 0.3) is 0 Å². The molecule has 0 atom stereocenters. The Bertz CT molecular complexity index is 350. The van der Waals surface area contributed by atoms with Gasteiger partial charge >= 0.3 is 0 Å². The van der Waals surface area contributed by atoms with Crippen LogP contribution in [0, 0.1) is 5.41 Å². The molecular formula is C14H21BrO. The van der Waals surface area contributed by atoms with Crippen molar-refractivity contribution in [2.24, 2.45) is 5.41 Å². The molecule has 1 aromatic rings. The second-order valence-corrected chi connectivity index (χ2v) is 6.59. The van der Waals surface area contributed by atoms with Crippen LogP contribution in [0.1, 0.15) is 40.2 Å². The van der Waals surface area contributed by atoms with E-state index in [0.29, 0.717) is 6.61 Å². The summed E-state index contributed by atoms with van der Waals surface area (Å²) in [5.41, 5.74) is 1.21. The molecule has 0 fully saturated rings. The zero-order chi connectivity index (χ0) is 12.4. The fourth-order valence-corrected chi connectivity index (χ4v) is 1.55. The maximum Gasteiger partial charge on any atom is 0.0724 e. The third kappa shape index (κ3) is 3.60. The van der Waals surface area contributed by atoms with Gasteiger partial charge in [0, 0.05) is 4.47 Å². The van der Waals surface area contributed by atoms with Gasteiger partial charge in [0.2, 0.25) is 0 Å². The van der Waals surface area contributed by atoms with E-state index in [1.165, 1.54) is 5.56 Å². The Morgan fingerprint density at radius 2 is 1.75 bits per heavy atom. The molecule has 0 aliphatic heterocycles. The molecule has 90 valence electrons. The van der Waals surface area contributed by atoms with Gasteiger partial charge in [-0.2, -0.15) is 0 Å². The summed E-state index contributed by atoms with van der Waals surface area (Å²) >= 11 is 3.47. The van der Waals surface area contributed by atoms with Crippen molar-refractivity contribution in [2.75, 3.05) is 0 Å². The minimum Gasteiger partial charge on any atom is -0.370 e. The van der Waals surface area contributed by atoms with Gasteiger partial charge in [0.1, 0.15) is 0 Å². The lowest BCUT2D eigenvalue weighted by molar-refractivity contribution is -0.0996. The molecule has 0 aliphatic carbocycles. The van der Waals surface area contributed by atoms with Gasteiger partial charge in [-0.1, -0.05) is 48.8 Å². The summed E-state index contributed by atoms with van der Waals surface area (Å²) in [7, 11) is 0. The third-order valence-corrected chi connectivity index (χ3v) is 3.79. The molecule has 2 heteroatoms. The van der Waals surface area contributed by atoms with Crippen molar-refractivity contribution in [1.29, 1.82) is 0 Å². The second kappa shape index (κ2) is 4.89. The van der Waals surface area contributed by atoms with Crippen LogP contribution in [0.2, 0.25) is 0 Å². The lowest BCUT2D eigenvalue weighted by Gasteiger charge is -2.38. The van der Waals surface area contributed by atoms with Crippen molar-refractivity contribution in [2.45, 2.75) is 46.8 Å². The maximum atomic E-state index is 6.01. The van der Waals surface area contributed by atoms with E-state index in [2.05, 4.69) is 62.7 Å². The molecule has 0 aliphatic rings. The Morgan fingerprint density at radius 1 is 1.12 bits per heavy atom. The molecule has 16 heavy (non-hydrogen) atoms. The smallest absolute Gasteiger partial charge is 0.0724 e. The van der Waals surface area contributed by atoms with E-state index in [9.17, 15) is 0 Å². The van der Waals surface area contributed by atoms with Crippen molar-refractivity contribution in [3.8, 4) is 0 Å². The molecule has 0 unspecified atom stereocenters. The summed E-state index contributed by atoms with van der Waals surface area (Å²) in [6.07, 6.45) is 0. The first-order valence-electron chi connectivity index (χ1n) is 5.61. The monoisotopic (exact) mass is 284 g/mol. The van der Waals surface area contributed by atoms with Crippen LogP contribution in [-0.4, -0.2) is 5.60 Å². The van der Waals surface area contributed by atoms with Crippen LogP contribution in [0.15, 0.2) is 28.7 Å². The predicted molar refractivity (Wildman–Crippen MR) is 72.5 cm³/mol. The highest BCUT2D eigenvalue weighted by atomic mass is 79.9. The average Bonchev–Trinajstić information content (AvgIpc) is 2.13. The normalized spacial score (nSPS) is 12.9. The van der Waals surface area contributed by atoms with E-state index in [-0.39, 0.29) is 11.0 Å². The van der Waals surface area contributed by atoms with Crippen molar-refractivity contribution >= 4 is 15.9 Å². The van der Waals surface area contributed by atoms with E-state index >= 15 is 0 Å². The SMILES string of the molecule is CC(C)(C)C(C)(C)OCc1cccc(Br)c1. The number of ether oxygens (including phenoxy) is 1. The molecule has 0 amide bonds. The molecule has 1 aromatic carbocycles. The molecule has 0 aromatic heterocycles. The summed E-state index contributed by atoms with van der Waals surface area (Å²) in [6.45, 7) is 11.6. The van der Waals surface area contributed by atoms with Crippen LogP contribution in [-0.2, 0) is 11.3 Å². The number of benzene rings is 1. The van der Waals surface area contributed by atoms with E-state index in [0.717, 1.165) is 4.47 Å². The summed E-state index contributed by atoms with van der Waals surface area (Å²) in [5, 5.41) is 0. The molecule has 0 radical (unpaired) electrons. The zero-order valence-corrected chi connectivity index (χ0v) is 12.4. The van der Waals surface area contributed by atoms with Gasteiger partial charge in [-0.3, -0.25) is 0 Å². The highest BCUT2D eigenvalue weighted by Gasteiger charge is 2.33. The van der Waals surface area contributed by atoms with Crippen LogP contribution < -0.4 is 0 Å². The molecule has 0 saturated heterocycles. The molecule has 0 saturated carbocycles. The predicted octanol–water partition coefficient (Wildman–Crippen LogP) is 4.79. The minimum absolute atomic E-state index is 0.130. The first-order chi connectivity index (χ1) is 7.22. The van der Waals surface area contributed by atoms with Crippen LogP contribution >= 0.6 is 15.9 Å². The van der Waals surface area contributed by atoms with Gasteiger partial charge in [-0.15, -0.1) is 0 Å². The van der Waals surface area contributed by atoms with Gasteiger partial charge < -0.3 is 4.74 Å². The van der Waals surface area contributed by atoms with Crippen LogP contribution in [0.3, 0.4) is 0 Å². The van der Waals surface area contributed by atoms with Gasteiger partial charge in [0.15, 0.2) is 0 Å². The van der Waals surface area contributed by atoms with Crippen LogP contribution in [0.4, 0.5) is 0 Å². The van der Waals surface area contributed by atoms with Gasteiger partial charge in [-0.25, -0.2) is 0 Å². The largest absolute Gasteiger partial charge is 0.370 e. The number of hydrogen-bond acceptors (Lipinski definition) is 1. The second-order valence-electron chi connectivity index (χ2n) is 5.68. The Labute approximate surface area is 107 Å². The first kappa shape index (κ1) is 13.7. The van der Waals surface area contributed by atoms with Crippen LogP contribution in [0.25, 0.3) is 0 Å². The number of halogens is 1. The lowest BCUT2D eigenvalue weighted by atomic mass is 9.79. The molecule has 0 spiro atoms. The molecule has 0 bridgehead atoms. The van der Waals surface area contributed by atoms with Crippen molar-refractivity contribution in [1.82, 2.24) is 0 Å². The van der Waals surface area contributed by atoms with Crippen molar-refractivity contribution in [3.05, 3.63) is 34.3 Å². The minimum atomic E-state index is -0.130. The fraction of sp³-hybridized carbons (Fsp3) is 0.571. The Hall–Kier alpha value is -0.340. The van der Waals surface area contributed by atoms with E-state index in [1.54, 1.807) is 0 Å². The molecule has 1 rings (SSSR count). The van der Waals surface area contributed by atoms with Gasteiger partial charge in [0.05, 0.1) is 12.2 Å². The van der Waals surface area contributed by atoms with Crippen LogP contribution in [0.5, 0.6) is 0 Å². The summed E-state index contributed by atoms with van der Waals surface area (Å²) in [5.74, 6) is 0. The molecule has 0 N–H and O–H groups in total. The highest BCUT2D eigenvalue weighted by Crippen LogP contribution is 2.33. The van der Waals surface area contributed by atoms with Crippen molar-refractivity contribution < 1.29 is 4.74 Å². The molecule has 0 heterocycles. The molecule has 1 nitrogen and oxygen atoms in total. The van der Waals surface area contributed by atoms with Crippen molar-refractivity contribution in [3.63, 3.8) is 0 Å². The quantitative estimate of drug-likeness (QED) is 0.775. The molecular weight excluding hydrogens is 264 g/mol. The van der Waals surface area contributed by atoms with E-state index in [4.69, 9.17) is 4.74 Å². The summed E-state index contributed by atoms with van der Waals surface area (Å²) in [4.78, 5) is 0. The standard InChI is InChI=1S/C14H21BrO/c1-13(2,3)14(4,5)16-10-11-7-6-8-12(15)9-11/h6-9H,10H2,1-5H3.